The molecule has 0 radical (unpaired) electrons. The summed E-state index contributed by atoms with van der Waals surface area (Å²) in [5, 5.41) is 6.20. The van der Waals surface area contributed by atoms with Gasteiger partial charge in [0.15, 0.2) is 5.75 Å². The summed E-state index contributed by atoms with van der Waals surface area (Å²) in [5.74, 6) is 1.52. The first-order valence-electron chi connectivity index (χ1n) is 6.38. The quantitative estimate of drug-likeness (QED) is 0.726. The van der Waals surface area contributed by atoms with Gasteiger partial charge >= 0.3 is 0 Å². The van der Waals surface area contributed by atoms with Crippen molar-refractivity contribution >= 4 is 16.5 Å². The zero-order valence-electron chi connectivity index (χ0n) is 11.7. The van der Waals surface area contributed by atoms with Crippen molar-refractivity contribution in [3.63, 3.8) is 0 Å². The monoisotopic (exact) mass is 268 g/mol. The fourth-order valence-corrected chi connectivity index (χ4v) is 2.29. The Balaban J connectivity index is 2.14. The highest BCUT2D eigenvalue weighted by atomic mass is 16.5. The number of rotatable bonds is 2. The van der Waals surface area contributed by atoms with E-state index in [1.165, 1.54) is 0 Å². The largest absolute Gasteiger partial charge is 0.453 e. The molecular weight excluding hydrogens is 252 g/mol. The number of hydrogen-bond acceptors (Lipinski definition) is 4. The Bertz CT molecular complexity index is 792. The van der Waals surface area contributed by atoms with Crippen LogP contribution in [0.3, 0.4) is 0 Å². The fraction of sp³-hybridized carbons (Fsp3) is 0.200. The van der Waals surface area contributed by atoms with Crippen molar-refractivity contribution in [1.29, 1.82) is 0 Å². The van der Waals surface area contributed by atoms with Crippen LogP contribution in [0.25, 0.3) is 10.8 Å². The molecule has 5 nitrogen and oxygen atoms in total. The van der Waals surface area contributed by atoms with Gasteiger partial charge in [-0.3, -0.25) is 9.67 Å². The number of pyridine rings is 1. The maximum absolute atomic E-state index is 6.05. The molecule has 2 aromatic heterocycles. The average Bonchev–Trinajstić information content (AvgIpc) is 2.68. The summed E-state index contributed by atoms with van der Waals surface area (Å²) in [7, 11) is 1.90. The van der Waals surface area contributed by atoms with Gasteiger partial charge in [0.25, 0.3) is 0 Å². The highest BCUT2D eigenvalue weighted by Crippen LogP contribution is 2.34. The Hall–Kier alpha value is -2.56. The SMILES string of the molecule is Cc1nn(C)c(C)c1Oc1ccc(N)c2ccncc12. The average molecular weight is 268 g/mol. The molecule has 2 heterocycles. The molecule has 5 heteroatoms. The van der Waals surface area contributed by atoms with Crippen LogP contribution >= 0.6 is 0 Å². The minimum atomic E-state index is 0.717. The first kappa shape index (κ1) is 12.5. The van der Waals surface area contributed by atoms with E-state index in [4.69, 9.17) is 10.5 Å². The highest BCUT2D eigenvalue weighted by Gasteiger charge is 2.13. The van der Waals surface area contributed by atoms with Crippen molar-refractivity contribution in [2.24, 2.45) is 7.05 Å². The topological polar surface area (TPSA) is 66.0 Å². The molecule has 102 valence electrons. The van der Waals surface area contributed by atoms with Crippen LogP contribution in [0.5, 0.6) is 11.5 Å². The predicted octanol–water partition coefficient (Wildman–Crippen LogP) is 2.96. The Morgan fingerprint density at radius 1 is 1.15 bits per heavy atom. The maximum atomic E-state index is 6.05. The van der Waals surface area contributed by atoms with E-state index in [0.29, 0.717) is 0 Å². The van der Waals surface area contributed by atoms with Crippen molar-refractivity contribution in [2.75, 3.05) is 5.73 Å². The van der Waals surface area contributed by atoms with Gasteiger partial charge in [-0.25, -0.2) is 0 Å². The second kappa shape index (κ2) is 4.52. The Kier molecular flexibility index (Phi) is 2.82. The first-order chi connectivity index (χ1) is 9.58. The summed E-state index contributed by atoms with van der Waals surface area (Å²) in [6.07, 6.45) is 3.49. The number of nitrogen functional groups attached to an aromatic ring is 1. The lowest BCUT2D eigenvalue weighted by Gasteiger charge is -2.10. The third kappa shape index (κ3) is 1.87. The van der Waals surface area contributed by atoms with Gasteiger partial charge < -0.3 is 10.5 Å². The van der Waals surface area contributed by atoms with Crippen molar-refractivity contribution in [3.05, 3.63) is 42.0 Å². The minimum absolute atomic E-state index is 0.717. The van der Waals surface area contributed by atoms with Crippen LogP contribution in [-0.4, -0.2) is 14.8 Å². The van der Waals surface area contributed by atoms with Crippen LogP contribution in [-0.2, 0) is 7.05 Å². The molecular formula is C15H16N4O. The lowest BCUT2D eigenvalue weighted by Crippen LogP contribution is -1.94. The molecule has 0 bridgehead atoms. The summed E-state index contributed by atoms with van der Waals surface area (Å²) in [6.45, 7) is 3.91. The van der Waals surface area contributed by atoms with Crippen LogP contribution < -0.4 is 10.5 Å². The van der Waals surface area contributed by atoms with Gasteiger partial charge in [-0.2, -0.15) is 5.10 Å². The van der Waals surface area contributed by atoms with Crippen molar-refractivity contribution in [3.8, 4) is 11.5 Å². The van der Waals surface area contributed by atoms with E-state index in [1.54, 1.807) is 12.4 Å². The van der Waals surface area contributed by atoms with Crippen LogP contribution in [0.1, 0.15) is 11.4 Å². The third-order valence-electron chi connectivity index (χ3n) is 3.47. The first-order valence-corrected chi connectivity index (χ1v) is 6.38. The van der Waals surface area contributed by atoms with Crippen LogP contribution in [0.15, 0.2) is 30.6 Å². The molecule has 0 saturated heterocycles. The van der Waals surface area contributed by atoms with Crippen molar-refractivity contribution in [1.82, 2.24) is 14.8 Å². The predicted molar refractivity (Wildman–Crippen MR) is 78.9 cm³/mol. The van der Waals surface area contributed by atoms with E-state index in [9.17, 15) is 0 Å². The molecule has 20 heavy (non-hydrogen) atoms. The Morgan fingerprint density at radius 2 is 1.95 bits per heavy atom. The van der Waals surface area contributed by atoms with Gasteiger partial charge in [0, 0.05) is 35.9 Å². The van der Waals surface area contributed by atoms with Crippen LogP contribution in [0, 0.1) is 13.8 Å². The third-order valence-corrected chi connectivity index (χ3v) is 3.47. The van der Waals surface area contributed by atoms with Gasteiger partial charge in [0.2, 0.25) is 0 Å². The van der Waals surface area contributed by atoms with E-state index >= 15 is 0 Å². The van der Waals surface area contributed by atoms with Gasteiger partial charge in [-0.1, -0.05) is 0 Å². The summed E-state index contributed by atoms with van der Waals surface area (Å²) in [5.41, 5.74) is 8.54. The molecule has 0 aliphatic carbocycles. The molecule has 0 saturated carbocycles. The maximum Gasteiger partial charge on any atom is 0.171 e. The zero-order chi connectivity index (χ0) is 14.3. The van der Waals surface area contributed by atoms with Crippen molar-refractivity contribution < 1.29 is 4.74 Å². The molecule has 3 rings (SSSR count). The van der Waals surface area contributed by atoms with E-state index in [-0.39, 0.29) is 0 Å². The summed E-state index contributed by atoms with van der Waals surface area (Å²) in [4.78, 5) is 4.15. The number of anilines is 1. The fourth-order valence-electron chi connectivity index (χ4n) is 2.29. The molecule has 0 fully saturated rings. The van der Waals surface area contributed by atoms with E-state index in [0.717, 1.165) is 39.3 Å². The molecule has 0 amide bonds. The van der Waals surface area contributed by atoms with Crippen LogP contribution in [0.2, 0.25) is 0 Å². The van der Waals surface area contributed by atoms with E-state index in [1.807, 2.05) is 43.8 Å². The van der Waals surface area contributed by atoms with Crippen LogP contribution in [0.4, 0.5) is 5.69 Å². The van der Waals surface area contributed by atoms with Crippen molar-refractivity contribution in [2.45, 2.75) is 13.8 Å². The standard InChI is InChI=1S/C15H16N4O/c1-9-15(10(2)19(3)18-9)20-14-5-4-13(16)11-6-7-17-8-12(11)14/h4-8H,16H2,1-3H3. The molecule has 0 aliphatic rings. The molecule has 0 atom stereocenters. The van der Waals surface area contributed by atoms with Gasteiger partial charge in [0.05, 0.1) is 5.69 Å². The molecule has 1 aromatic carbocycles. The zero-order valence-corrected chi connectivity index (χ0v) is 11.7. The Labute approximate surface area is 117 Å². The summed E-state index contributed by atoms with van der Waals surface area (Å²) >= 11 is 0. The number of aryl methyl sites for hydroxylation is 2. The van der Waals surface area contributed by atoms with Gasteiger partial charge in [-0.15, -0.1) is 0 Å². The number of fused-ring (bicyclic) bond motifs is 1. The Morgan fingerprint density at radius 3 is 2.65 bits per heavy atom. The normalized spacial score (nSPS) is 10.9. The number of hydrogen-bond donors (Lipinski definition) is 1. The lowest BCUT2D eigenvalue weighted by atomic mass is 10.1. The minimum Gasteiger partial charge on any atom is -0.453 e. The lowest BCUT2D eigenvalue weighted by molar-refractivity contribution is 0.479. The number of benzene rings is 1. The highest BCUT2D eigenvalue weighted by molar-refractivity contribution is 5.96. The van der Waals surface area contributed by atoms with Gasteiger partial charge in [-0.05, 0) is 32.0 Å². The second-order valence-corrected chi connectivity index (χ2v) is 4.80. The van der Waals surface area contributed by atoms with E-state index < -0.39 is 0 Å². The molecule has 2 N–H and O–H groups in total. The van der Waals surface area contributed by atoms with E-state index in [2.05, 4.69) is 10.1 Å². The molecule has 0 unspecified atom stereocenters. The second-order valence-electron chi connectivity index (χ2n) is 4.80. The summed E-state index contributed by atoms with van der Waals surface area (Å²) in [6, 6.07) is 5.60. The van der Waals surface area contributed by atoms with Gasteiger partial charge in [0.1, 0.15) is 11.4 Å². The summed E-state index contributed by atoms with van der Waals surface area (Å²) < 4.78 is 7.86. The number of ether oxygens (including phenoxy) is 1. The smallest absolute Gasteiger partial charge is 0.171 e. The number of nitrogens with zero attached hydrogens (tertiary/aromatic N) is 3. The number of aromatic nitrogens is 3. The molecule has 3 aromatic rings. The molecule has 0 aliphatic heterocycles. The molecule has 0 spiro atoms. The number of nitrogens with two attached hydrogens (primary N) is 1.